The van der Waals surface area contributed by atoms with Gasteiger partial charge in [-0.05, 0) is 57.8 Å². The van der Waals surface area contributed by atoms with E-state index in [2.05, 4.69) is 87.6 Å². The van der Waals surface area contributed by atoms with E-state index in [1.165, 1.54) is 225 Å². The van der Waals surface area contributed by atoms with Crippen LogP contribution in [-0.2, 0) is 28.6 Å². The van der Waals surface area contributed by atoms with Crippen molar-refractivity contribution in [1.82, 2.24) is 0 Å². The van der Waals surface area contributed by atoms with Crippen LogP contribution in [0.4, 0.5) is 0 Å². The Morgan fingerprint density at radius 2 is 0.500 bits per heavy atom. The molecule has 0 rings (SSSR count). The van der Waals surface area contributed by atoms with Crippen molar-refractivity contribution in [2.24, 2.45) is 0 Å². The lowest BCUT2D eigenvalue weighted by molar-refractivity contribution is -0.166. The van der Waals surface area contributed by atoms with Crippen molar-refractivity contribution < 1.29 is 28.6 Å². The van der Waals surface area contributed by atoms with Crippen molar-refractivity contribution in [2.75, 3.05) is 13.2 Å². The minimum atomic E-state index is -0.814. The molecule has 0 spiro atoms. The maximum atomic E-state index is 12.9. The summed E-state index contributed by atoms with van der Waals surface area (Å²) in [5.74, 6) is -0.963. The molecule has 6 heteroatoms. The fourth-order valence-electron chi connectivity index (χ4n) is 9.94. The number of ether oxygens (including phenoxy) is 3. The van der Waals surface area contributed by atoms with Crippen LogP contribution in [0.2, 0.25) is 0 Å². The Bertz CT molecular complexity index is 1440. The molecule has 0 aromatic carbocycles. The van der Waals surface area contributed by atoms with Crippen molar-refractivity contribution in [3.63, 3.8) is 0 Å². The highest BCUT2D eigenvalue weighted by atomic mass is 16.6. The van der Waals surface area contributed by atoms with Crippen LogP contribution in [0.25, 0.3) is 0 Å². The van der Waals surface area contributed by atoms with Crippen molar-refractivity contribution in [3.05, 3.63) is 72.9 Å². The van der Waals surface area contributed by atoms with Gasteiger partial charge < -0.3 is 14.2 Å². The monoisotopic (exact) mass is 1090 g/mol. The van der Waals surface area contributed by atoms with Crippen molar-refractivity contribution in [2.45, 2.75) is 354 Å². The fraction of sp³-hybridized carbons (Fsp3) is 0.792. The molecule has 78 heavy (non-hydrogen) atoms. The van der Waals surface area contributed by atoms with Crippen LogP contribution in [-0.4, -0.2) is 37.2 Å². The van der Waals surface area contributed by atoms with Crippen LogP contribution >= 0.6 is 0 Å². The van der Waals surface area contributed by atoms with E-state index in [1.807, 2.05) is 6.08 Å². The van der Waals surface area contributed by atoms with E-state index >= 15 is 0 Å². The molecular weight excluding hydrogens is 961 g/mol. The molecule has 0 aliphatic heterocycles. The summed E-state index contributed by atoms with van der Waals surface area (Å²) >= 11 is 0. The lowest BCUT2D eigenvalue weighted by atomic mass is 10.0. The molecule has 0 bridgehead atoms. The number of allylic oxidation sites excluding steroid dienone is 12. The van der Waals surface area contributed by atoms with Crippen LogP contribution in [0.15, 0.2) is 72.9 Å². The first-order valence-corrected chi connectivity index (χ1v) is 33.9. The van der Waals surface area contributed by atoms with E-state index in [1.54, 1.807) is 0 Å². The molecule has 0 saturated heterocycles. The third-order valence-electron chi connectivity index (χ3n) is 15.0. The Kier molecular flexibility index (Phi) is 63.7. The molecular formula is C72H128O6. The van der Waals surface area contributed by atoms with Gasteiger partial charge in [-0.15, -0.1) is 0 Å². The van der Waals surface area contributed by atoms with Gasteiger partial charge in [0.25, 0.3) is 0 Å². The fourth-order valence-corrected chi connectivity index (χ4v) is 9.94. The van der Waals surface area contributed by atoms with E-state index in [4.69, 9.17) is 14.2 Å². The van der Waals surface area contributed by atoms with E-state index in [0.29, 0.717) is 19.3 Å². The van der Waals surface area contributed by atoms with Gasteiger partial charge in [0, 0.05) is 19.3 Å². The number of carbonyl (C=O) groups excluding carboxylic acids is 3. The summed E-state index contributed by atoms with van der Waals surface area (Å²) in [5, 5.41) is 0. The van der Waals surface area contributed by atoms with Gasteiger partial charge in [0.15, 0.2) is 6.10 Å². The molecule has 1 unspecified atom stereocenters. The van der Waals surface area contributed by atoms with Crippen LogP contribution in [0.1, 0.15) is 348 Å². The molecule has 452 valence electrons. The average Bonchev–Trinajstić information content (AvgIpc) is 3.44. The summed E-state index contributed by atoms with van der Waals surface area (Å²) in [5.41, 5.74) is 0. The summed E-state index contributed by atoms with van der Waals surface area (Å²) in [6, 6.07) is 0. The third kappa shape index (κ3) is 63.7. The first-order valence-electron chi connectivity index (χ1n) is 33.9. The van der Waals surface area contributed by atoms with Gasteiger partial charge in [-0.3, -0.25) is 14.4 Å². The Hall–Kier alpha value is -3.15. The SMILES string of the molecule is CC/C=C\C/C=C\C/C=C\C/C=C\C/C=C\C/C=C\CCC(=O)OC(COC(=O)CCCCCCCCCCCCCCCCCCCC)COC(=O)CCCCCCCCCCCCCCCCCCCCCCCCC. The number of unbranched alkanes of at least 4 members (excludes halogenated alkanes) is 39. The lowest BCUT2D eigenvalue weighted by Crippen LogP contribution is -2.30. The molecule has 0 aliphatic rings. The zero-order valence-electron chi connectivity index (χ0n) is 51.9. The van der Waals surface area contributed by atoms with E-state index in [-0.39, 0.29) is 37.5 Å². The molecule has 0 aromatic heterocycles. The summed E-state index contributed by atoms with van der Waals surface area (Å²) in [6.07, 6.45) is 86.5. The molecule has 6 nitrogen and oxygen atoms in total. The highest BCUT2D eigenvalue weighted by Crippen LogP contribution is 2.18. The van der Waals surface area contributed by atoms with Crippen LogP contribution in [0.5, 0.6) is 0 Å². The predicted octanol–water partition coefficient (Wildman–Crippen LogP) is 23.3. The highest BCUT2D eigenvalue weighted by Gasteiger charge is 2.19. The molecule has 0 aromatic rings. The van der Waals surface area contributed by atoms with Gasteiger partial charge in [-0.25, -0.2) is 0 Å². The zero-order valence-corrected chi connectivity index (χ0v) is 51.9. The molecule has 0 saturated carbocycles. The van der Waals surface area contributed by atoms with E-state index in [9.17, 15) is 14.4 Å². The second-order valence-electron chi connectivity index (χ2n) is 22.7. The molecule has 0 aliphatic carbocycles. The van der Waals surface area contributed by atoms with Crippen LogP contribution < -0.4 is 0 Å². The first kappa shape index (κ1) is 74.8. The maximum absolute atomic E-state index is 12.9. The molecule has 0 fully saturated rings. The molecule has 0 N–H and O–H groups in total. The van der Waals surface area contributed by atoms with Gasteiger partial charge >= 0.3 is 17.9 Å². The number of esters is 3. The van der Waals surface area contributed by atoms with E-state index < -0.39 is 6.10 Å². The van der Waals surface area contributed by atoms with Gasteiger partial charge in [0.1, 0.15) is 13.2 Å². The average molecular weight is 1090 g/mol. The maximum Gasteiger partial charge on any atom is 0.306 e. The standard InChI is InChI=1S/C72H128O6/c1-4-7-10-13-16-19-22-25-28-31-34-35-36-37-39-41-44-47-50-53-56-59-62-65-71(74)77-68-69(67-76-70(73)64-61-58-55-52-49-46-43-40-33-30-27-24-21-18-15-12-9-6-3)78-72(75)66-63-60-57-54-51-48-45-42-38-32-29-26-23-20-17-14-11-8-5-2/h8,11,17,20,26,29,38,42,48,51,57,60,69H,4-7,9-10,12-16,18-19,21-25,27-28,30-37,39-41,43-47,49-50,52-56,58-59,61-68H2,1-3H3/b11-8-,20-17-,29-26-,42-38-,51-48-,60-57-. The van der Waals surface area contributed by atoms with Gasteiger partial charge in [0.05, 0.1) is 0 Å². The molecule has 0 amide bonds. The second-order valence-corrected chi connectivity index (χ2v) is 22.7. The number of hydrogen-bond donors (Lipinski definition) is 0. The second kappa shape index (κ2) is 66.4. The molecule has 0 heterocycles. The van der Waals surface area contributed by atoms with Gasteiger partial charge in [0.2, 0.25) is 0 Å². The predicted molar refractivity (Wildman–Crippen MR) is 339 cm³/mol. The minimum absolute atomic E-state index is 0.101. The van der Waals surface area contributed by atoms with E-state index in [0.717, 1.165) is 77.0 Å². The Morgan fingerprint density at radius 1 is 0.269 bits per heavy atom. The summed E-state index contributed by atoms with van der Waals surface area (Å²) in [4.78, 5) is 38.4. The van der Waals surface area contributed by atoms with Crippen LogP contribution in [0.3, 0.4) is 0 Å². The quantitative estimate of drug-likeness (QED) is 0.0261. The summed E-state index contributed by atoms with van der Waals surface area (Å²) < 4.78 is 16.9. The lowest BCUT2D eigenvalue weighted by Gasteiger charge is -2.18. The Balaban J connectivity index is 4.40. The smallest absolute Gasteiger partial charge is 0.306 e. The Labute approximate surface area is 484 Å². The van der Waals surface area contributed by atoms with Crippen molar-refractivity contribution in [1.29, 1.82) is 0 Å². The number of rotatable bonds is 62. The minimum Gasteiger partial charge on any atom is -0.462 e. The largest absolute Gasteiger partial charge is 0.462 e. The first-order chi connectivity index (χ1) is 38.5. The van der Waals surface area contributed by atoms with Crippen molar-refractivity contribution >= 4 is 17.9 Å². The zero-order chi connectivity index (χ0) is 56.4. The van der Waals surface area contributed by atoms with Crippen LogP contribution in [0, 0.1) is 0 Å². The normalized spacial score (nSPS) is 12.5. The summed E-state index contributed by atoms with van der Waals surface area (Å²) in [7, 11) is 0. The number of carbonyl (C=O) groups is 3. The van der Waals surface area contributed by atoms with Gasteiger partial charge in [-0.2, -0.15) is 0 Å². The molecule has 0 radical (unpaired) electrons. The number of hydrogen-bond acceptors (Lipinski definition) is 6. The Morgan fingerprint density at radius 3 is 0.756 bits per heavy atom. The highest BCUT2D eigenvalue weighted by molar-refractivity contribution is 5.71. The van der Waals surface area contributed by atoms with Gasteiger partial charge in [-0.1, -0.05) is 344 Å². The third-order valence-corrected chi connectivity index (χ3v) is 15.0. The molecule has 1 atom stereocenters. The summed E-state index contributed by atoms with van der Waals surface area (Å²) in [6.45, 7) is 6.53. The van der Waals surface area contributed by atoms with Crippen molar-refractivity contribution in [3.8, 4) is 0 Å². The topological polar surface area (TPSA) is 78.9 Å².